The van der Waals surface area contributed by atoms with Crippen LogP contribution in [0.15, 0.2) is 42.5 Å². The molecule has 0 aromatic heterocycles. The van der Waals surface area contributed by atoms with Crippen LogP contribution in [-0.4, -0.2) is 12.6 Å². The van der Waals surface area contributed by atoms with Gasteiger partial charge in [0, 0.05) is 17.9 Å². The second kappa shape index (κ2) is 6.79. The Balaban J connectivity index is 2.20. The van der Waals surface area contributed by atoms with E-state index in [0.29, 0.717) is 24.4 Å². The van der Waals surface area contributed by atoms with Gasteiger partial charge in [0.2, 0.25) is 0 Å². The molecule has 0 spiro atoms. The number of anilines is 2. The minimum Gasteiger partial charge on any atom is -0.462 e. The lowest BCUT2D eigenvalue weighted by molar-refractivity contribution is 0.0527. The Morgan fingerprint density at radius 3 is 2.71 bits per heavy atom. The Labute approximate surface area is 124 Å². The van der Waals surface area contributed by atoms with Crippen molar-refractivity contribution < 1.29 is 9.53 Å². The minimum atomic E-state index is -0.364. The molecule has 0 atom stereocenters. The van der Waals surface area contributed by atoms with E-state index in [1.54, 1.807) is 25.1 Å². The lowest BCUT2D eigenvalue weighted by Gasteiger charge is -2.13. The molecule has 0 saturated carbocycles. The average Bonchev–Trinajstić information content (AvgIpc) is 2.47. The number of nitrogens with one attached hydrogen (secondary N) is 1. The number of nitrogen functional groups attached to an aromatic ring is 1. The molecule has 21 heavy (non-hydrogen) atoms. The largest absolute Gasteiger partial charge is 0.462 e. The summed E-state index contributed by atoms with van der Waals surface area (Å²) in [6, 6.07) is 13.3. The molecule has 2 aromatic carbocycles. The maximum Gasteiger partial charge on any atom is 0.340 e. The summed E-state index contributed by atoms with van der Waals surface area (Å²) in [5.41, 5.74) is 9.88. The first-order valence-electron chi connectivity index (χ1n) is 6.97. The van der Waals surface area contributed by atoms with Crippen molar-refractivity contribution in [1.29, 1.82) is 0 Å². The maximum absolute atomic E-state index is 12.0. The lowest BCUT2D eigenvalue weighted by atomic mass is 10.1. The SMILES string of the molecule is CCOC(=O)c1cc(N)ccc1NCc1ccccc1C. The fourth-order valence-corrected chi connectivity index (χ4v) is 2.09. The van der Waals surface area contributed by atoms with Crippen molar-refractivity contribution in [3.63, 3.8) is 0 Å². The van der Waals surface area contributed by atoms with E-state index < -0.39 is 0 Å². The van der Waals surface area contributed by atoms with Gasteiger partial charge in [0.05, 0.1) is 12.2 Å². The zero-order chi connectivity index (χ0) is 15.2. The van der Waals surface area contributed by atoms with Crippen molar-refractivity contribution in [3.8, 4) is 0 Å². The summed E-state index contributed by atoms with van der Waals surface area (Å²) in [6.07, 6.45) is 0. The Bertz CT molecular complexity index is 638. The predicted octanol–water partition coefficient (Wildman–Crippen LogP) is 3.37. The molecule has 3 N–H and O–H groups in total. The number of carbonyl (C=O) groups excluding carboxylic acids is 1. The molecule has 0 heterocycles. The highest BCUT2D eigenvalue weighted by molar-refractivity contribution is 5.96. The Morgan fingerprint density at radius 2 is 2.00 bits per heavy atom. The van der Waals surface area contributed by atoms with Gasteiger partial charge in [-0.15, -0.1) is 0 Å². The Morgan fingerprint density at radius 1 is 1.24 bits per heavy atom. The van der Waals surface area contributed by atoms with Gasteiger partial charge in [0.1, 0.15) is 0 Å². The second-order valence-corrected chi connectivity index (χ2v) is 4.81. The maximum atomic E-state index is 12.0. The molecule has 2 rings (SSSR count). The first kappa shape index (κ1) is 14.9. The Kier molecular flexibility index (Phi) is 4.82. The van der Waals surface area contributed by atoms with Crippen molar-refractivity contribution in [3.05, 3.63) is 59.2 Å². The molecule has 2 aromatic rings. The van der Waals surface area contributed by atoms with E-state index in [-0.39, 0.29) is 5.97 Å². The van der Waals surface area contributed by atoms with Crippen LogP contribution in [0.4, 0.5) is 11.4 Å². The summed E-state index contributed by atoms with van der Waals surface area (Å²) in [5.74, 6) is -0.364. The van der Waals surface area contributed by atoms with E-state index in [4.69, 9.17) is 10.5 Å². The second-order valence-electron chi connectivity index (χ2n) is 4.81. The van der Waals surface area contributed by atoms with Crippen molar-refractivity contribution in [2.24, 2.45) is 0 Å². The molecule has 4 nitrogen and oxygen atoms in total. The quantitative estimate of drug-likeness (QED) is 0.652. The molecule has 0 bridgehead atoms. The first-order valence-corrected chi connectivity index (χ1v) is 6.97. The van der Waals surface area contributed by atoms with Gasteiger partial charge < -0.3 is 15.8 Å². The number of hydrogen-bond acceptors (Lipinski definition) is 4. The van der Waals surface area contributed by atoms with Gasteiger partial charge >= 0.3 is 5.97 Å². The molecule has 0 aliphatic rings. The van der Waals surface area contributed by atoms with Crippen molar-refractivity contribution in [1.82, 2.24) is 0 Å². The molecule has 0 aliphatic carbocycles. The molecule has 0 fully saturated rings. The van der Waals surface area contributed by atoms with Crippen molar-refractivity contribution in [2.75, 3.05) is 17.7 Å². The van der Waals surface area contributed by atoms with Gasteiger partial charge in [0.15, 0.2) is 0 Å². The highest BCUT2D eigenvalue weighted by Crippen LogP contribution is 2.21. The summed E-state index contributed by atoms with van der Waals surface area (Å²) in [5, 5.41) is 3.28. The minimum absolute atomic E-state index is 0.338. The summed E-state index contributed by atoms with van der Waals surface area (Å²) in [6.45, 7) is 4.82. The van der Waals surface area contributed by atoms with Crippen LogP contribution < -0.4 is 11.1 Å². The third-order valence-electron chi connectivity index (χ3n) is 3.27. The van der Waals surface area contributed by atoms with Crippen LogP contribution in [-0.2, 0) is 11.3 Å². The number of nitrogens with two attached hydrogens (primary N) is 1. The molecule has 0 unspecified atom stereocenters. The molecule has 0 saturated heterocycles. The molecule has 110 valence electrons. The van der Waals surface area contributed by atoms with Crippen LogP contribution in [0.1, 0.15) is 28.4 Å². The van der Waals surface area contributed by atoms with E-state index in [1.807, 2.05) is 12.1 Å². The lowest BCUT2D eigenvalue weighted by Crippen LogP contribution is -2.11. The number of aryl methyl sites for hydroxylation is 1. The highest BCUT2D eigenvalue weighted by Gasteiger charge is 2.13. The molecular formula is C17H20N2O2. The van der Waals surface area contributed by atoms with Gasteiger partial charge in [-0.25, -0.2) is 4.79 Å². The van der Waals surface area contributed by atoms with Crippen LogP contribution in [0.25, 0.3) is 0 Å². The van der Waals surface area contributed by atoms with Crippen LogP contribution in [0, 0.1) is 6.92 Å². The van der Waals surface area contributed by atoms with Crippen LogP contribution in [0.3, 0.4) is 0 Å². The van der Waals surface area contributed by atoms with Gasteiger partial charge in [-0.1, -0.05) is 24.3 Å². The molecule has 0 aliphatic heterocycles. The van der Waals surface area contributed by atoms with Gasteiger partial charge in [-0.2, -0.15) is 0 Å². The van der Waals surface area contributed by atoms with E-state index in [2.05, 4.69) is 24.4 Å². The van der Waals surface area contributed by atoms with Crippen LogP contribution >= 0.6 is 0 Å². The molecule has 4 heteroatoms. The normalized spacial score (nSPS) is 10.2. The number of esters is 1. The Hall–Kier alpha value is -2.49. The van der Waals surface area contributed by atoms with Crippen LogP contribution in [0.5, 0.6) is 0 Å². The summed E-state index contributed by atoms with van der Waals surface area (Å²) in [4.78, 5) is 12.0. The van der Waals surface area contributed by atoms with Crippen molar-refractivity contribution >= 4 is 17.3 Å². The average molecular weight is 284 g/mol. The number of hydrogen-bond donors (Lipinski definition) is 2. The molecule has 0 radical (unpaired) electrons. The fraction of sp³-hybridized carbons (Fsp3) is 0.235. The standard InChI is InChI=1S/C17H20N2O2/c1-3-21-17(20)15-10-14(18)8-9-16(15)19-11-13-7-5-4-6-12(13)2/h4-10,19H,3,11,18H2,1-2H3. The fourth-order valence-electron chi connectivity index (χ4n) is 2.09. The zero-order valence-corrected chi connectivity index (χ0v) is 12.3. The van der Waals surface area contributed by atoms with E-state index >= 15 is 0 Å². The summed E-state index contributed by atoms with van der Waals surface area (Å²) < 4.78 is 5.06. The number of carbonyl (C=O) groups is 1. The van der Waals surface area contributed by atoms with Crippen molar-refractivity contribution in [2.45, 2.75) is 20.4 Å². The number of ether oxygens (including phenoxy) is 1. The first-order chi connectivity index (χ1) is 10.1. The van der Waals surface area contributed by atoms with Gasteiger partial charge in [-0.3, -0.25) is 0 Å². The highest BCUT2D eigenvalue weighted by atomic mass is 16.5. The van der Waals surface area contributed by atoms with E-state index in [0.717, 1.165) is 5.69 Å². The molecular weight excluding hydrogens is 264 g/mol. The number of rotatable bonds is 5. The monoisotopic (exact) mass is 284 g/mol. The van der Waals surface area contributed by atoms with Gasteiger partial charge in [-0.05, 0) is 43.2 Å². The topological polar surface area (TPSA) is 64.3 Å². The smallest absolute Gasteiger partial charge is 0.340 e. The molecule has 0 amide bonds. The van der Waals surface area contributed by atoms with E-state index in [1.165, 1.54) is 11.1 Å². The predicted molar refractivity (Wildman–Crippen MR) is 85.3 cm³/mol. The van der Waals surface area contributed by atoms with E-state index in [9.17, 15) is 4.79 Å². The van der Waals surface area contributed by atoms with Crippen LogP contribution in [0.2, 0.25) is 0 Å². The summed E-state index contributed by atoms with van der Waals surface area (Å²) in [7, 11) is 0. The third kappa shape index (κ3) is 3.75. The number of benzene rings is 2. The van der Waals surface area contributed by atoms with Gasteiger partial charge in [0.25, 0.3) is 0 Å². The third-order valence-corrected chi connectivity index (χ3v) is 3.27. The zero-order valence-electron chi connectivity index (χ0n) is 12.3. The summed E-state index contributed by atoms with van der Waals surface area (Å²) >= 11 is 0.